The number of amides is 1. The highest BCUT2D eigenvalue weighted by Crippen LogP contribution is 2.06. The quantitative estimate of drug-likeness (QED) is 0.696. The Labute approximate surface area is 123 Å². The summed E-state index contributed by atoms with van der Waals surface area (Å²) in [6.07, 6.45) is 2.04. The van der Waals surface area contributed by atoms with Crippen LogP contribution in [0.15, 0.2) is 0 Å². The van der Waals surface area contributed by atoms with Gasteiger partial charge in [-0.25, -0.2) is 0 Å². The molecule has 1 aliphatic rings. The van der Waals surface area contributed by atoms with E-state index in [1.165, 1.54) is 0 Å². The maximum Gasteiger partial charge on any atom is 0.224 e. The normalized spacial score (nSPS) is 18.1. The molecule has 1 unspecified atom stereocenters. The maximum atomic E-state index is 11.7. The molecule has 0 aromatic heterocycles. The zero-order valence-corrected chi connectivity index (χ0v) is 13.0. The molecule has 0 spiro atoms. The second-order valence-electron chi connectivity index (χ2n) is 4.36. The summed E-state index contributed by atoms with van der Waals surface area (Å²) in [7, 11) is 0. The first-order chi connectivity index (χ1) is 7.77. The van der Waals surface area contributed by atoms with Gasteiger partial charge < -0.3 is 15.5 Å². The van der Waals surface area contributed by atoms with Crippen LogP contribution in [0, 0.1) is 5.92 Å². The van der Waals surface area contributed by atoms with Gasteiger partial charge in [0.2, 0.25) is 5.91 Å². The van der Waals surface area contributed by atoms with Crippen LogP contribution >= 0.6 is 24.8 Å². The molecule has 2 N–H and O–H groups in total. The summed E-state index contributed by atoms with van der Waals surface area (Å²) in [6.45, 7) is 10.3. The average Bonchev–Trinajstić information content (AvgIpc) is 2.82. The molecule has 1 atom stereocenters. The molecule has 18 heavy (non-hydrogen) atoms. The third-order valence-electron chi connectivity index (χ3n) is 3.28. The lowest BCUT2D eigenvalue weighted by molar-refractivity contribution is -0.124. The highest BCUT2D eigenvalue weighted by Gasteiger charge is 2.21. The minimum atomic E-state index is 0. The number of rotatable bonds is 7. The molecule has 0 aromatic rings. The minimum Gasteiger partial charge on any atom is -0.356 e. The van der Waals surface area contributed by atoms with Crippen molar-refractivity contribution in [2.45, 2.75) is 26.7 Å². The van der Waals surface area contributed by atoms with Crippen LogP contribution in [-0.2, 0) is 4.79 Å². The van der Waals surface area contributed by atoms with Crippen LogP contribution in [-0.4, -0.2) is 50.1 Å². The van der Waals surface area contributed by atoms with Crippen molar-refractivity contribution in [3.8, 4) is 0 Å². The summed E-state index contributed by atoms with van der Waals surface area (Å²) in [5.41, 5.74) is 0. The predicted octanol–water partition coefficient (Wildman–Crippen LogP) is 1.29. The Bertz CT molecular complexity index is 207. The molecule has 0 saturated carbocycles. The van der Waals surface area contributed by atoms with Crippen LogP contribution < -0.4 is 10.6 Å². The molecule has 1 rings (SSSR count). The van der Waals surface area contributed by atoms with E-state index >= 15 is 0 Å². The lowest BCUT2D eigenvalue weighted by Gasteiger charge is -2.18. The van der Waals surface area contributed by atoms with Gasteiger partial charge in [0.25, 0.3) is 0 Å². The molecule has 1 heterocycles. The average molecular weight is 300 g/mol. The van der Waals surface area contributed by atoms with Crippen LogP contribution in [0.3, 0.4) is 0 Å². The molecule has 110 valence electrons. The van der Waals surface area contributed by atoms with E-state index in [0.29, 0.717) is 0 Å². The molecule has 6 heteroatoms. The first-order valence-corrected chi connectivity index (χ1v) is 6.48. The fourth-order valence-electron chi connectivity index (χ4n) is 2.08. The summed E-state index contributed by atoms with van der Waals surface area (Å²) in [4.78, 5) is 14.0. The van der Waals surface area contributed by atoms with E-state index in [4.69, 9.17) is 0 Å². The molecule has 0 bridgehead atoms. The van der Waals surface area contributed by atoms with Crippen LogP contribution in [0.4, 0.5) is 0 Å². The summed E-state index contributed by atoms with van der Waals surface area (Å²) in [6, 6.07) is 0. The highest BCUT2D eigenvalue weighted by molar-refractivity contribution is 5.85. The van der Waals surface area contributed by atoms with Gasteiger partial charge in [-0.15, -0.1) is 24.8 Å². The van der Waals surface area contributed by atoms with Crippen molar-refractivity contribution < 1.29 is 4.79 Å². The summed E-state index contributed by atoms with van der Waals surface area (Å²) in [5.74, 6) is 0.429. The number of hydrogen-bond donors (Lipinski definition) is 2. The third-order valence-corrected chi connectivity index (χ3v) is 3.28. The van der Waals surface area contributed by atoms with E-state index in [9.17, 15) is 4.79 Å². The van der Waals surface area contributed by atoms with Gasteiger partial charge in [-0.2, -0.15) is 0 Å². The van der Waals surface area contributed by atoms with Gasteiger partial charge >= 0.3 is 0 Å². The van der Waals surface area contributed by atoms with Gasteiger partial charge in [0, 0.05) is 13.1 Å². The fraction of sp³-hybridized carbons (Fsp3) is 0.917. The number of halogens is 2. The molecular formula is C12H27Cl2N3O. The van der Waals surface area contributed by atoms with Crippen molar-refractivity contribution in [3.63, 3.8) is 0 Å². The Morgan fingerprint density at radius 3 is 2.50 bits per heavy atom. The number of nitrogens with zero attached hydrogens (tertiary/aromatic N) is 1. The Morgan fingerprint density at radius 1 is 1.33 bits per heavy atom. The molecule has 1 aliphatic heterocycles. The lowest BCUT2D eigenvalue weighted by atomic mass is 10.1. The predicted molar refractivity (Wildman–Crippen MR) is 80.9 cm³/mol. The first-order valence-electron chi connectivity index (χ1n) is 6.48. The Hall–Kier alpha value is -0.0300. The smallest absolute Gasteiger partial charge is 0.224 e. The van der Waals surface area contributed by atoms with Gasteiger partial charge in [-0.1, -0.05) is 13.8 Å². The van der Waals surface area contributed by atoms with Gasteiger partial charge in [0.05, 0.1) is 5.92 Å². The van der Waals surface area contributed by atoms with Crippen LogP contribution in [0.25, 0.3) is 0 Å². The fourth-order valence-corrected chi connectivity index (χ4v) is 2.08. The SMILES string of the molecule is CCN(CC)CCCNC(=O)C1CCNC1.Cl.Cl. The minimum absolute atomic E-state index is 0. The maximum absolute atomic E-state index is 11.7. The zero-order chi connectivity index (χ0) is 11.8. The molecule has 0 aliphatic carbocycles. The van der Waals surface area contributed by atoms with E-state index < -0.39 is 0 Å². The molecular weight excluding hydrogens is 273 g/mol. The topological polar surface area (TPSA) is 44.4 Å². The van der Waals surface area contributed by atoms with Crippen molar-refractivity contribution >= 4 is 30.7 Å². The summed E-state index contributed by atoms with van der Waals surface area (Å²) < 4.78 is 0. The monoisotopic (exact) mass is 299 g/mol. The molecule has 4 nitrogen and oxygen atoms in total. The molecule has 1 saturated heterocycles. The highest BCUT2D eigenvalue weighted by atomic mass is 35.5. The Balaban J connectivity index is 0. The zero-order valence-electron chi connectivity index (χ0n) is 11.4. The van der Waals surface area contributed by atoms with E-state index in [-0.39, 0.29) is 36.6 Å². The van der Waals surface area contributed by atoms with E-state index in [2.05, 4.69) is 29.4 Å². The molecule has 0 aromatic carbocycles. The Kier molecular flexibility index (Phi) is 13.6. The van der Waals surface area contributed by atoms with Gasteiger partial charge in [0.1, 0.15) is 0 Å². The summed E-state index contributed by atoms with van der Waals surface area (Å²) in [5, 5.41) is 6.23. The lowest BCUT2D eigenvalue weighted by Crippen LogP contribution is -2.34. The van der Waals surface area contributed by atoms with Crippen molar-refractivity contribution in [1.29, 1.82) is 0 Å². The summed E-state index contributed by atoms with van der Waals surface area (Å²) >= 11 is 0. The van der Waals surface area contributed by atoms with Crippen molar-refractivity contribution in [1.82, 2.24) is 15.5 Å². The second kappa shape index (κ2) is 12.0. The Morgan fingerprint density at radius 2 is 2.00 bits per heavy atom. The van der Waals surface area contributed by atoms with Crippen molar-refractivity contribution in [2.24, 2.45) is 5.92 Å². The number of nitrogens with one attached hydrogen (secondary N) is 2. The number of hydrogen-bond acceptors (Lipinski definition) is 3. The number of carbonyl (C=O) groups excluding carboxylic acids is 1. The van der Waals surface area contributed by atoms with E-state index in [1.54, 1.807) is 0 Å². The standard InChI is InChI=1S/C12H25N3O.2ClH/c1-3-15(4-2)9-5-7-14-12(16)11-6-8-13-10-11;;/h11,13H,3-10H2,1-2H3,(H,14,16);2*1H. The van der Waals surface area contributed by atoms with Crippen LogP contribution in [0.2, 0.25) is 0 Å². The van der Waals surface area contributed by atoms with Gasteiger partial charge in [0.15, 0.2) is 0 Å². The van der Waals surface area contributed by atoms with Crippen molar-refractivity contribution in [2.75, 3.05) is 39.3 Å². The third kappa shape index (κ3) is 7.41. The molecule has 1 amide bonds. The number of carbonyl (C=O) groups is 1. The van der Waals surface area contributed by atoms with E-state index in [1.807, 2.05) is 0 Å². The van der Waals surface area contributed by atoms with E-state index in [0.717, 1.165) is 52.1 Å². The molecule has 0 radical (unpaired) electrons. The first kappa shape index (κ1) is 20.3. The molecule has 1 fully saturated rings. The van der Waals surface area contributed by atoms with Gasteiger partial charge in [-0.3, -0.25) is 4.79 Å². The van der Waals surface area contributed by atoms with Gasteiger partial charge in [-0.05, 0) is 39.0 Å². The van der Waals surface area contributed by atoms with Crippen molar-refractivity contribution in [3.05, 3.63) is 0 Å². The largest absolute Gasteiger partial charge is 0.356 e. The van der Waals surface area contributed by atoms with Crippen LogP contribution in [0.1, 0.15) is 26.7 Å². The second-order valence-corrected chi connectivity index (χ2v) is 4.36. The van der Waals surface area contributed by atoms with Crippen LogP contribution in [0.5, 0.6) is 0 Å².